The molecular weight excluding hydrogens is 478 g/mol. The van der Waals surface area contributed by atoms with E-state index in [2.05, 4.69) is 10.6 Å². The van der Waals surface area contributed by atoms with Crippen LogP contribution in [0.3, 0.4) is 0 Å². The van der Waals surface area contributed by atoms with Crippen LogP contribution in [-0.2, 0) is 35.2 Å². The predicted octanol–water partition coefficient (Wildman–Crippen LogP) is -2.34. The number of phenols is 1. The molecule has 1 aromatic rings. The van der Waals surface area contributed by atoms with E-state index in [4.69, 9.17) is 16.6 Å². The smallest absolute Gasteiger partial charge is 0.326 e. The Morgan fingerprint density at radius 2 is 1.58 bits per heavy atom. The molecule has 0 aliphatic carbocycles. The number of nitrogens with two attached hydrogens (primary N) is 2. The number of rotatable bonds is 12. The monoisotopic (exact) mass is 507 g/mol. The van der Waals surface area contributed by atoms with Crippen LogP contribution in [0, 0.1) is 0 Å². The maximum Gasteiger partial charge on any atom is 0.326 e. The number of benzene rings is 1. The minimum Gasteiger partial charge on any atom is -0.508 e. The summed E-state index contributed by atoms with van der Waals surface area (Å²) in [7, 11) is 0. The summed E-state index contributed by atoms with van der Waals surface area (Å²) in [6.45, 7) is 0.156. The molecule has 14 heteroatoms. The van der Waals surface area contributed by atoms with Gasteiger partial charge in [-0.15, -0.1) is 0 Å². The molecule has 36 heavy (non-hydrogen) atoms. The molecule has 196 valence electrons. The summed E-state index contributed by atoms with van der Waals surface area (Å²) in [6.07, 6.45) is -0.806. The summed E-state index contributed by atoms with van der Waals surface area (Å²) in [6, 6.07) is 0.305. The van der Waals surface area contributed by atoms with E-state index in [0.717, 1.165) is 4.90 Å². The summed E-state index contributed by atoms with van der Waals surface area (Å²) in [5.41, 5.74) is 11.2. The van der Waals surface area contributed by atoms with Crippen molar-refractivity contribution in [2.24, 2.45) is 11.5 Å². The normalized spacial score (nSPS) is 17.5. The molecule has 1 saturated heterocycles. The Hall–Kier alpha value is -4.20. The van der Waals surface area contributed by atoms with Crippen LogP contribution in [0.4, 0.5) is 0 Å². The fourth-order valence-corrected chi connectivity index (χ4v) is 3.80. The quantitative estimate of drug-likeness (QED) is 0.159. The zero-order chi connectivity index (χ0) is 27.0. The molecule has 1 aliphatic heterocycles. The highest BCUT2D eigenvalue weighted by atomic mass is 16.4. The number of carboxylic acids is 2. The third-order valence-corrected chi connectivity index (χ3v) is 5.58. The number of carbonyl (C=O) groups is 6. The maximum atomic E-state index is 13.3. The van der Waals surface area contributed by atoms with E-state index < -0.39 is 72.6 Å². The summed E-state index contributed by atoms with van der Waals surface area (Å²) in [5, 5.41) is 32.4. The molecule has 9 N–H and O–H groups in total. The van der Waals surface area contributed by atoms with E-state index in [-0.39, 0.29) is 25.1 Å². The van der Waals surface area contributed by atoms with Gasteiger partial charge in [0.1, 0.15) is 23.9 Å². The van der Waals surface area contributed by atoms with Crippen molar-refractivity contribution < 1.29 is 44.1 Å². The van der Waals surface area contributed by atoms with E-state index in [0.29, 0.717) is 12.0 Å². The maximum absolute atomic E-state index is 13.3. The van der Waals surface area contributed by atoms with Gasteiger partial charge >= 0.3 is 11.9 Å². The Balaban J connectivity index is 2.27. The topological polar surface area (TPSA) is 242 Å². The van der Waals surface area contributed by atoms with E-state index >= 15 is 0 Å². The molecule has 0 bridgehead atoms. The number of likely N-dealkylation sites (tertiary alicyclic amines) is 1. The highest BCUT2D eigenvalue weighted by molar-refractivity contribution is 5.96. The molecule has 4 atom stereocenters. The molecule has 0 spiro atoms. The number of nitrogens with one attached hydrogen (secondary N) is 2. The highest BCUT2D eigenvalue weighted by Crippen LogP contribution is 2.20. The first-order valence-corrected chi connectivity index (χ1v) is 11.1. The van der Waals surface area contributed by atoms with Crippen molar-refractivity contribution in [3.05, 3.63) is 29.8 Å². The Morgan fingerprint density at radius 3 is 2.14 bits per heavy atom. The first kappa shape index (κ1) is 28.0. The van der Waals surface area contributed by atoms with Crippen molar-refractivity contribution in [2.75, 3.05) is 6.54 Å². The van der Waals surface area contributed by atoms with Gasteiger partial charge in [-0.1, -0.05) is 12.1 Å². The van der Waals surface area contributed by atoms with Gasteiger partial charge in [0.05, 0.1) is 18.9 Å². The number of carboxylic acid groups (broad SMARTS) is 2. The van der Waals surface area contributed by atoms with E-state index in [1.807, 2.05) is 0 Å². The second kappa shape index (κ2) is 12.5. The number of hydrogen-bond acceptors (Lipinski definition) is 8. The summed E-state index contributed by atoms with van der Waals surface area (Å²) in [4.78, 5) is 73.6. The third kappa shape index (κ3) is 7.94. The number of hydrogen-bond donors (Lipinski definition) is 7. The van der Waals surface area contributed by atoms with Crippen molar-refractivity contribution in [2.45, 2.75) is 56.3 Å². The van der Waals surface area contributed by atoms with E-state index in [1.165, 1.54) is 24.3 Å². The molecule has 1 heterocycles. The molecule has 2 rings (SSSR count). The van der Waals surface area contributed by atoms with Crippen LogP contribution < -0.4 is 22.1 Å². The number of primary amides is 1. The number of aliphatic carboxylic acids is 2. The Bertz CT molecular complexity index is 1010. The van der Waals surface area contributed by atoms with Crippen LogP contribution >= 0.6 is 0 Å². The van der Waals surface area contributed by atoms with Gasteiger partial charge in [-0.25, -0.2) is 4.79 Å². The average molecular weight is 508 g/mol. The SMILES string of the molecule is NC(=O)CC(NC(=O)C(N)CC(=O)O)C(=O)NC(Cc1ccc(O)cc1)C(=O)N1CCCC1C(=O)O. The van der Waals surface area contributed by atoms with Gasteiger partial charge in [-0.2, -0.15) is 0 Å². The van der Waals surface area contributed by atoms with Gasteiger partial charge in [0, 0.05) is 13.0 Å². The fraction of sp³-hybridized carbons (Fsp3) is 0.455. The first-order valence-electron chi connectivity index (χ1n) is 11.1. The molecule has 4 amide bonds. The van der Waals surface area contributed by atoms with Gasteiger partial charge in [-0.3, -0.25) is 24.0 Å². The lowest BCUT2D eigenvalue weighted by Crippen LogP contribution is -2.58. The first-order chi connectivity index (χ1) is 16.9. The van der Waals surface area contributed by atoms with Gasteiger partial charge in [-0.05, 0) is 30.5 Å². The van der Waals surface area contributed by atoms with E-state index in [9.17, 15) is 39.0 Å². The molecule has 0 aromatic heterocycles. The van der Waals surface area contributed by atoms with Crippen LogP contribution in [0.15, 0.2) is 24.3 Å². The van der Waals surface area contributed by atoms with Crippen LogP contribution in [0.1, 0.15) is 31.2 Å². The lowest BCUT2D eigenvalue weighted by atomic mass is 10.0. The molecule has 0 radical (unpaired) electrons. The number of carbonyl (C=O) groups excluding carboxylic acids is 4. The van der Waals surface area contributed by atoms with E-state index in [1.54, 1.807) is 0 Å². The molecule has 1 aliphatic rings. The van der Waals surface area contributed by atoms with Gasteiger partial charge in [0.15, 0.2) is 0 Å². The van der Waals surface area contributed by atoms with Crippen LogP contribution in [0.25, 0.3) is 0 Å². The second-order valence-corrected chi connectivity index (χ2v) is 8.40. The molecule has 1 fully saturated rings. The minimum absolute atomic E-state index is 0.0296. The molecule has 1 aromatic carbocycles. The zero-order valence-corrected chi connectivity index (χ0v) is 19.3. The van der Waals surface area contributed by atoms with Crippen LogP contribution in [-0.4, -0.2) is 86.5 Å². The summed E-state index contributed by atoms with van der Waals surface area (Å²) < 4.78 is 0. The minimum atomic E-state index is -1.57. The summed E-state index contributed by atoms with van der Waals surface area (Å²) in [5.74, 6) is -6.23. The number of nitrogens with zero attached hydrogens (tertiary/aromatic N) is 1. The lowest BCUT2D eigenvalue weighted by molar-refractivity contribution is -0.149. The van der Waals surface area contributed by atoms with Crippen LogP contribution in [0.5, 0.6) is 5.75 Å². The highest BCUT2D eigenvalue weighted by Gasteiger charge is 2.38. The van der Waals surface area contributed by atoms with Gasteiger partial charge < -0.3 is 42.3 Å². The molecule has 0 saturated carbocycles. The van der Waals surface area contributed by atoms with Crippen molar-refractivity contribution in [3.63, 3.8) is 0 Å². The Kier molecular flexibility index (Phi) is 9.73. The van der Waals surface area contributed by atoms with Gasteiger partial charge in [0.2, 0.25) is 23.6 Å². The zero-order valence-electron chi connectivity index (χ0n) is 19.3. The van der Waals surface area contributed by atoms with Crippen molar-refractivity contribution >= 4 is 35.6 Å². The number of aromatic hydroxyl groups is 1. The lowest BCUT2D eigenvalue weighted by Gasteiger charge is -2.29. The molecule has 4 unspecified atom stereocenters. The standard InChI is InChI=1S/C22H29N5O9/c23-13(9-18(30)31)19(32)25-14(10-17(24)29)20(33)26-15(8-11-3-5-12(28)6-4-11)21(34)27-7-1-2-16(27)22(35)36/h3-6,13-16,28H,1-2,7-10,23H2,(H2,24,29)(H,25,32)(H,26,33)(H,30,31)(H,35,36). The van der Waals surface area contributed by atoms with Gasteiger partial charge in [0.25, 0.3) is 0 Å². The molecular formula is C22H29N5O9. The average Bonchev–Trinajstić information content (AvgIpc) is 3.28. The number of amides is 4. The predicted molar refractivity (Wildman–Crippen MR) is 122 cm³/mol. The van der Waals surface area contributed by atoms with Crippen molar-refractivity contribution in [1.82, 2.24) is 15.5 Å². The van der Waals surface area contributed by atoms with Crippen LogP contribution in [0.2, 0.25) is 0 Å². The molecule has 14 nitrogen and oxygen atoms in total. The fourth-order valence-electron chi connectivity index (χ4n) is 3.80. The Labute approximate surface area is 205 Å². The van der Waals surface area contributed by atoms with Crippen molar-refractivity contribution in [1.29, 1.82) is 0 Å². The van der Waals surface area contributed by atoms with Crippen molar-refractivity contribution in [3.8, 4) is 5.75 Å². The third-order valence-electron chi connectivity index (χ3n) is 5.58. The summed E-state index contributed by atoms with van der Waals surface area (Å²) >= 11 is 0. The Morgan fingerprint density at radius 1 is 0.972 bits per heavy atom. The second-order valence-electron chi connectivity index (χ2n) is 8.40. The number of phenolic OH excluding ortho intramolecular Hbond substituents is 1. The largest absolute Gasteiger partial charge is 0.508 e.